The molecule has 2 aromatic carbocycles. The van der Waals surface area contributed by atoms with Crippen molar-refractivity contribution >= 4 is 5.91 Å². The Bertz CT molecular complexity index is 695. The van der Waals surface area contributed by atoms with Crippen LogP contribution in [0, 0.1) is 12.8 Å². The first-order valence-electron chi connectivity index (χ1n) is 8.14. The molecule has 24 heavy (non-hydrogen) atoms. The molecule has 4 heteroatoms. The van der Waals surface area contributed by atoms with Gasteiger partial charge >= 0.3 is 0 Å². The molecule has 0 heterocycles. The number of amides is 1. The van der Waals surface area contributed by atoms with E-state index in [2.05, 4.69) is 19.2 Å². The lowest BCUT2D eigenvalue weighted by Crippen LogP contribution is -2.27. The maximum atomic E-state index is 12.2. The van der Waals surface area contributed by atoms with Crippen LogP contribution in [-0.2, 0) is 6.61 Å². The van der Waals surface area contributed by atoms with Crippen LogP contribution >= 0.6 is 0 Å². The topological polar surface area (TPSA) is 47.6 Å². The Hall–Kier alpha value is -2.49. The van der Waals surface area contributed by atoms with Gasteiger partial charge < -0.3 is 14.8 Å². The number of carbonyl (C=O) groups excluding carboxylic acids is 1. The highest BCUT2D eigenvalue weighted by molar-refractivity contribution is 5.94. The third-order valence-corrected chi connectivity index (χ3v) is 3.60. The van der Waals surface area contributed by atoms with Gasteiger partial charge in [0.1, 0.15) is 18.1 Å². The number of hydrogen-bond acceptors (Lipinski definition) is 3. The smallest absolute Gasteiger partial charge is 0.251 e. The molecule has 2 rings (SSSR count). The summed E-state index contributed by atoms with van der Waals surface area (Å²) in [5.41, 5.74) is 2.59. The van der Waals surface area contributed by atoms with E-state index in [1.165, 1.54) is 0 Å². The van der Waals surface area contributed by atoms with Gasteiger partial charge in [0.2, 0.25) is 0 Å². The lowest BCUT2D eigenvalue weighted by molar-refractivity contribution is 0.0949. The number of benzene rings is 2. The molecule has 0 radical (unpaired) electrons. The maximum Gasteiger partial charge on any atom is 0.251 e. The molecule has 0 unspecified atom stereocenters. The molecule has 0 aromatic heterocycles. The van der Waals surface area contributed by atoms with E-state index in [9.17, 15) is 4.79 Å². The Morgan fingerprint density at radius 3 is 2.62 bits per heavy atom. The number of hydrogen-bond donors (Lipinski definition) is 1. The molecule has 1 N–H and O–H groups in total. The fourth-order valence-corrected chi connectivity index (χ4v) is 2.30. The van der Waals surface area contributed by atoms with Crippen LogP contribution in [0.2, 0.25) is 0 Å². The predicted octanol–water partition coefficient (Wildman–Crippen LogP) is 3.97. The number of carbonyl (C=O) groups is 1. The summed E-state index contributed by atoms with van der Waals surface area (Å²) in [6.07, 6.45) is 0. The van der Waals surface area contributed by atoms with Crippen molar-refractivity contribution in [1.29, 1.82) is 0 Å². The highest BCUT2D eigenvalue weighted by Gasteiger charge is 2.11. The van der Waals surface area contributed by atoms with Crippen LogP contribution < -0.4 is 14.8 Å². The average Bonchev–Trinajstić information content (AvgIpc) is 2.57. The highest BCUT2D eigenvalue weighted by Crippen LogP contribution is 2.22. The van der Waals surface area contributed by atoms with Gasteiger partial charge in [-0.3, -0.25) is 4.79 Å². The lowest BCUT2D eigenvalue weighted by Gasteiger charge is -2.13. The van der Waals surface area contributed by atoms with Gasteiger partial charge in [0.05, 0.1) is 7.11 Å². The van der Waals surface area contributed by atoms with Crippen molar-refractivity contribution in [2.45, 2.75) is 27.4 Å². The van der Waals surface area contributed by atoms with E-state index in [0.29, 0.717) is 30.4 Å². The predicted molar refractivity (Wildman–Crippen MR) is 95.7 cm³/mol. The van der Waals surface area contributed by atoms with Crippen molar-refractivity contribution in [3.8, 4) is 11.5 Å². The molecule has 1 amide bonds. The summed E-state index contributed by atoms with van der Waals surface area (Å²) in [5.74, 6) is 1.84. The minimum Gasteiger partial charge on any atom is -0.496 e. The van der Waals surface area contributed by atoms with E-state index in [1.807, 2.05) is 37.3 Å². The van der Waals surface area contributed by atoms with Gasteiger partial charge in [0, 0.05) is 17.7 Å². The second kappa shape index (κ2) is 8.39. The van der Waals surface area contributed by atoms with Gasteiger partial charge in [-0.15, -0.1) is 0 Å². The first-order valence-corrected chi connectivity index (χ1v) is 8.14. The Balaban J connectivity index is 2.12. The standard InChI is InChI=1S/C20H25NO3/c1-14(2)12-21-20(22)16-8-9-19(23-4)17(11-16)13-24-18-7-5-6-15(3)10-18/h5-11,14H,12-13H2,1-4H3,(H,21,22). The minimum absolute atomic E-state index is 0.0804. The molecule has 2 aromatic rings. The molecule has 0 atom stereocenters. The fourth-order valence-electron chi connectivity index (χ4n) is 2.30. The molecule has 0 saturated heterocycles. The van der Waals surface area contributed by atoms with Crippen LogP contribution in [0.25, 0.3) is 0 Å². The number of methoxy groups -OCH3 is 1. The van der Waals surface area contributed by atoms with E-state index in [-0.39, 0.29) is 5.91 Å². The summed E-state index contributed by atoms with van der Waals surface area (Å²) >= 11 is 0. The molecule has 128 valence electrons. The van der Waals surface area contributed by atoms with Crippen LogP contribution in [0.5, 0.6) is 11.5 Å². The van der Waals surface area contributed by atoms with Crippen LogP contribution in [0.15, 0.2) is 42.5 Å². The fraction of sp³-hybridized carbons (Fsp3) is 0.350. The van der Waals surface area contributed by atoms with Crippen molar-refractivity contribution in [3.05, 3.63) is 59.2 Å². The monoisotopic (exact) mass is 327 g/mol. The van der Waals surface area contributed by atoms with Gasteiger partial charge in [-0.05, 0) is 48.7 Å². The Morgan fingerprint density at radius 1 is 1.17 bits per heavy atom. The van der Waals surface area contributed by atoms with Gasteiger partial charge in [0.25, 0.3) is 5.91 Å². The van der Waals surface area contributed by atoms with Crippen molar-refractivity contribution in [2.24, 2.45) is 5.92 Å². The quantitative estimate of drug-likeness (QED) is 0.837. The van der Waals surface area contributed by atoms with E-state index in [0.717, 1.165) is 16.9 Å². The normalized spacial score (nSPS) is 10.5. The average molecular weight is 327 g/mol. The summed E-state index contributed by atoms with van der Waals surface area (Å²) in [5, 5.41) is 2.92. The molecule has 0 fully saturated rings. The lowest BCUT2D eigenvalue weighted by atomic mass is 10.1. The summed E-state index contributed by atoms with van der Waals surface area (Å²) in [6, 6.07) is 13.3. The molecule has 0 aliphatic rings. The van der Waals surface area contributed by atoms with E-state index in [4.69, 9.17) is 9.47 Å². The molecule has 0 bridgehead atoms. The molecular weight excluding hydrogens is 302 g/mol. The number of nitrogens with one attached hydrogen (secondary N) is 1. The summed E-state index contributed by atoms with van der Waals surface area (Å²) < 4.78 is 11.2. The zero-order chi connectivity index (χ0) is 17.5. The molecule has 0 aliphatic heterocycles. The number of ether oxygens (including phenoxy) is 2. The second-order valence-corrected chi connectivity index (χ2v) is 6.24. The third-order valence-electron chi connectivity index (χ3n) is 3.60. The SMILES string of the molecule is COc1ccc(C(=O)NCC(C)C)cc1COc1cccc(C)c1. The minimum atomic E-state index is -0.0804. The maximum absolute atomic E-state index is 12.2. The molecule has 0 aliphatic carbocycles. The zero-order valence-corrected chi connectivity index (χ0v) is 14.8. The number of aryl methyl sites for hydroxylation is 1. The third kappa shape index (κ3) is 5.01. The first kappa shape index (κ1) is 17.9. The summed E-state index contributed by atoms with van der Waals surface area (Å²) in [6.45, 7) is 7.15. The second-order valence-electron chi connectivity index (χ2n) is 6.24. The van der Waals surface area contributed by atoms with Crippen LogP contribution in [0.1, 0.15) is 35.3 Å². The summed E-state index contributed by atoms with van der Waals surface area (Å²) in [7, 11) is 1.62. The van der Waals surface area contributed by atoms with Crippen molar-refractivity contribution < 1.29 is 14.3 Å². The molecule has 0 spiro atoms. The Morgan fingerprint density at radius 2 is 1.96 bits per heavy atom. The van der Waals surface area contributed by atoms with Crippen LogP contribution in [0.3, 0.4) is 0 Å². The van der Waals surface area contributed by atoms with Gasteiger partial charge in [0.15, 0.2) is 0 Å². The van der Waals surface area contributed by atoms with Gasteiger partial charge in [-0.2, -0.15) is 0 Å². The zero-order valence-electron chi connectivity index (χ0n) is 14.8. The summed E-state index contributed by atoms with van der Waals surface area (Å²) in [4.78, 5) is 12.2. The molecule has 4 nitrogen and oxygen atoms in total. The molecule has 0 saturated carbocycles. The van der Waals surface area contributed by atoms with Crippen LogP contribution in [-0.4, -0.2) is 19.6 Å². The van der Waals surface area contributed by atoms with Gasteiger partial charge in [-0.25, -0.2) is 0 Å². The van der Waals surface area contributed by atoms with Crippen molar-refractivity contribution in [2.75, 3.05) is 13.7 Å². The highest BCUT2D eigenvalue weighted by atomic mass is 16.5. The Kier molecular flexibility index (Phi) is 6.24. The van der Waals surface area contributed by atoms with E-state index < -0.39 is 0 Å². The van der Waals surface area contributed by atoms with E-state index >= 15 is 0 Å². The first-order chi connectivity index (χ1) is 11.5. The number of rotatable bonds is 7. The van der Waals surface area contributed by atoms with Crippen molar-refractivity contribution in [1.82, 2.24) is 5.32 Å². The van der Waals surface area contributed by atoms with Crippen molar-refractivity contribution in [3.63, 3.8) is 0 Å². The van der Waals surface area contributed by atoms with Crippen LogP contribution in [0.4, 0.5) is 0 Å². The Labute approximate surface area is 143 Å². The van der Waals surface area contributed by atoms with E-state index in [1.54, 1.807) is 19.2 Å². The van der Waals surface area contributed by atoms with Gasteiger partial charge in [-0.1, -0.05) is 26.0 Å². The molecular formula is C20H25NO3. The largest absolute Gasteiger partial charge is 0.496 e.